The van der Waals surface area contributed by atoms with Gasteiger partial charge in [-0.15, -0.1) is 0 Å². The number of amides is 2. The molecule has 0 heterocycles. The minimum Gasteiger partial charge on any atom is -0.490 e. The van der Waals surface area contributed by atoms with Crippen molar-refractivity contribution in [2.75, 3.05) is 30.5 Å². The maximum Gasteiger partial charge on any atom is 0.328 e. The number of carbonyl (C=O) groups is 1. The molecule has 0 aliphatic heterocycles. The second-order valence-electron chi connectivity index (χ2n) is 6.22. The van der Waals surface area contributed by atoms with Gasteiger partial charge in [0.2, 0.25) is 0 Å². The molecule has 5 nitrogen and oxygen atoms in total. The fourth-order valence-corrected chi connectivity index (χ4v) is 2.77. The Morgan fingerprint density at radius 3 is 2.04 bits per heavy atom. The summed E-state index contributed by atoms with van der Waals surface area (Å²) in [7, 11) is 3.50. The lowest BCUT2D eigenvalue weighted by atomic mass is 10.2. The van der Waals surface area contributed by atoms with Crippen LogP contribution in [0.2, 0.25) is 0 Å². The lowest BCUT2D eigenvalue weighted by Gasteiger charge is -2.25. The number of anilines is 2. The molecule has 0 saturated heterocycles. The highest BCUT2D eigenvalue weighted by atomic mass is 16.5. The van der Waals surface area contributed by atoms with Gasteiger partial charge in [-0.05, 0) is 43.3 Å². The number of nitrogens with zero attached hydrogens (tertiary/aromatic N) is 2. The van der Waals surface area contributed by atoms with Gasteiger partial charge < -0.3 is 9.47 Å². The number of carbonyl (C=O) groups excluding carboxylic acids is 1. The van der Waals surface area contributed by atoms with E-state index in [1.165, 1.54) is 0 Å². The van der Waals surface area contributed by atoms with Gasteiger partial charge in [-0.2, -0.15) is 0 Å². The van der Waals surface area contributed by atoms with Gasteiger partial charge in [0.25, 0.3) is 0 Å². The second-order valence-corrected chi connectivity index (χ2v) is 6.22. The molecule has 3 aromatic carbocycles. The van der Waals surface area contributed by atoms with Gasteiger partial charge in [-0.25, -0.2) is 4.79 Å². The summed E-state index contributed by atoms with van der Waals surface area (Å²) in [4.78, 5) is 16.1. The van der Waals surface area contributed by atoms with Gasteiger partial charge in [-0.3, -0.25) is 9.80 Å². The zero-order valence-corrected chi connectivity index (χ0v) is 16.3. The van der Waals surface area contributed by atoms with Gasteiger partial charge in [0.1, 0.15) is 5.75 Å². The molecular weight excluding hydrogens is 352 g/mol. The number of hydrogen-bond donors (Lipinski definition) is 0. The number of para-hydroxylation sites is 2. The molecule has 0 N–H and O–H groups in total. The van der Waals surface area contributed by atoms with Crippen molar-refractivity contribution in [2.24, 2.45) is 0 Å². The Hall–Kier alpha value is -3.47. The highest BCUT2D eigenvalue weighted by molar-refractivity contribution is 6.02. The number of ether oxygens (including phenoxy) is 2. The molecule has 144 valence electrons. The van der Waals surface area contributed by atoms with Crippen molar-refractivity contribution in [2.45, 2.75) is 6.92 Å². The van der Waals surface area contributed by atoms with E-state index in [9.17, 15) is 4.79 Å². The van der Waals surface area contributed by atoms with E-state index < -0.39 is 0 Å². The molecule has 2 amide bonds. The van der Waals surface area contributed by atoms with Crippen LogP contribution in [0.25, 0.3) is 0 Å². The summed E-state index contributed by atoms with van der Waals surface area (Å²) in [5, 5.41) is 0. The summed E-state index contributed by atoms with van der Waals surface area (Å²) < 4.78 is 11.7. The van der Waals surface area contributed by atoms with E-state index in [1.54, 1.807) is 23.9 Å². The lowest BCUT2D eigenvalue weighted by molar-refractivity contribution is 0.253. The third-order valence-corrected chi connectivity index (χ3v) is 4.30. The van der Waals surface area contributed by atoms with Gasteiger partial charge in [0, 0.05) is 31.5 Å². The normalized spacial score (nSPS) is 10.2. The smallest absolute Gasteiger partial charge is 0.328 e. The summed E-state index contributed by atoms with van der Waals surface area (Å²) >= 11 is 0. The molecule has 0 radical (unpaired) electrons. The van der Waals surface area contributed by atoms with Gasteiger partial charge in [-0.1, -0.05) is 36.4 Å². The highest BCUT2D eigenvalue weighted by Gasteiger charge is 2.19. The minimum atomic E-state index is -0.148. The van der Waals surface area contributed by atoms with Crippen LogP contribution in [-0.2, 0) is 0 Å². The monoisotopic (exact) mass is 376 g/mol. The number of benzene rings is 3. The van der Waals surface area contributed by atoms with Crippen LogP contribution in [0.4, 0.5) is 16.2 Å². The third-order valence-electron chi connectivity index (χ3n) is 4.30. The van der Waals surface area contributed by atoms with Crippen molar-refractivity contribution in [3.05, 3.63) is 78.9 Å². The largest absolute Gasteiger partial charge is 0.490 e. The number of hydrogen-bond acceptors (Lipinski definition) is 3. The number of rotatable bonds is 6. The SMILES string of the molecule is CCOc1cc(N(C)C(=O)N(C)c2ccccc2)ccc1Oc1ccccc1. The lowest BCUT2D eigenvalue weighted by Crippen LogP contribution is -2.38. The average Bonchev–Trinajstić information content (AvgIpc) is 2.75. The van der Waals surface area contributed by atoms with Gasteiger partial charge in [0.15, 0.2) is 11.5 Å². The summed E-state index contributed by atoms with van der Waals surface area (Å²) in [6.07, 6.45) is 0. The summed E-state index contributed by atoms with van der Waals surface area (Å²) in [5.41, 5.74) is 1.55. The minimum absolute atomic E-state index is 0.148. The highest BCUT2D eigenvalue weighted by Crippen LogP contribution is 2.35. The first kappa shape index (κ1) is 19.3. The van der Waals surface area contributed by atoms with Crippen molar-refractivity contribution >= 4 is 17.4 Å². The first-order valence-electron chi connectivity index (χ1n) is 9.16. The Labute approximate surface area is 165 Å². The quantitative estimate of drug-likeness (QED) is 0.565. The van der Waals surface area contributed by atoms with E-state index in [4.69, 9.17) is 9.47 Å². The van der Waals surface area contributed by atoms with Crippen LogP contribution in [0, 0.1) is 0 Å². The standard InChI is InChI=1S/C23H24N2O3/c1-4-27-22-17-19(15-16-21(22)28-20-13-9-6-10-14-20)25(3)23(26)24(2)18-11-7-5-8-12-18/h5-17H,4H2,1-3H3. The Kier molecular flexibility index (Phi) is 6.17. The predicted molar refractivity (Wildman–Crippen MR) is 113 cm³/mol. The molecule has 28 heavy (non-hydrogen) atoms. The van der Waals surface area contributed by atoms with Crippen LogP contribution >= 0.6 is 0 Å². The molecule has 0 aromatic heterocycles. The van der Waals surface area contributed by atoms with E-state index in [0.717, 1.165) is 17.1 Å². The first-order valence-corrected chi connectivity index (χ1v) is 9.16. The molecule has 0 aliphatic rings. The van der Waals surface area contributed by atoms with Crippen molar-refractivity contribution in [1.29, 1.82) is 0 Å². The molecule has 0 fully saturated rings. The Balaban J connectivity index is 1.83. The summed E-state index contributed by atoms with van der Waals surface area (Å²) in [5.74, 6) is 1.92. The van der Waals surface area contributed by atoms with Crippen LogP contribution in [0.1, 0.15) is 6.92 Å². The Morgan fingerprint density at radius 1 is 0.786 bits per heavy atom. The number of urea groups is 1. The fraction of sp³-hybridized carbons (Fsp3) is 0.174. The van der Waals surface area contributed by atoms with E-state index in [0.29, 0.717) is 18.1 Å². The molecule has 0 saturated carbocycles. The molecule has 5 heteroatoms. The topological polar surface area (TPSA) is 42.0 Å². The van der Waals surface area contributed by atoms with Crippen LogP contribution in [0.15, 0.2) is 78.9 Å². The Morgan fingerprint density at radius 2 is 1.39 bits per heavy atom. The van der Waals surface area contributed by atoms with Crippen molar-refractivity contribution in [3.8, 4) is 17.2 Å². The molecule has 0 spiro atoms. The van der Waals surface area contributed by atoms with E-state index in [-0.39, 0.29) is 6.03 Å². The van der Waals surface area contributed by atoms with Crippen LogP contribution in [0.3, 0.4) is 0 Å². The molecular formula is C23H24N2O3. The van der Waals surface area contributed by atoms with Crippen LogP contribution < -0.4 is 19.3 Å². The van der Waals surface area contributed by atoms with E-state index >= 15 is 0 Å². The predicted octanol–water partition coefficient (Wildman–Crippen LogP) is 5.57. The van der Waals surface area contributed by atoms with Crippen molar-refractivity contribution in [1.82, 2.24) is 0 Å². The zero-order valence-electron chi connectivity index (χ0n) is 16.3. The first-order chi connectivity index (χ1) is 13.6. The average molecular weight is 376 g/mol. The summed E-state index contributed by atoms with van der Waals surface area (Å²) in [6.45, 7) is 2.41. The molecule has 3 rings (SSSR count). The Bertz CT molecular complexity index is 914. The zero-order chi connectivity index (χ0) is 19.9. The molecule has 0 atom stereocenters. The van der Waals surface area contributed by atoms with E-state index in [1.807, 2.05) is 85.8 Å². The molecule has 0 bridgehead atoms. The van der Waals surface area contributed by atoms with Crippen LogP contribution in [-0.4, -0.2) is 26.7 Å². The van der Waals surface area contributed by atoms with E-state index in [2.05, 4.69) is 0 Å². The van der Waals surface area contributed by atoms with Gasteiger partial charge in [0.05, 0.1) is 6.61 Å². The maximum atomic E-state index is 12.9. The van der Waals surface area contributed by atoms with Gasteiger partial charge >= 0.3 is 6.03 Å². The molecule has 0 unspecified atom stereocenters. The second kappa shape index (κ2) is 8.95. The molecule has 3 aromatic rings. The summed E-state index contributed by atoms with van der Waals surface area (Å²) in [6, 6.07) is 24.4. The van der Waals surface area contributed by atoms with Crippen molar-refractivity contribution in [3.63, 3.8) is 0 Å². The fourth-order valence-electron chi connectivity index (χ4n) is 2.77. The molecule has 0 aliphatic carbocycles. The maximum absolute atomic E-state index is 12.9. The van der Waals surface area contributed by atoms with Crippen molar-refractivity contribution < 1.29 is 14.3 Å². The third kappa shape index (κ3) is 4.43. The van der Waals surface area contributed by atoms with Crippen LogP contribution in [0.5, 0.6) is 17.2 Å².